The molecule has 31 heavy (non-hydrogen) atoms. The molecule has 2 aromatic carbocycles. The van der Waals surface area contributed by atoms with E-state index in [-0.39, 0.29) is 40.1 Å². The molecule has 0 saturated heterocycles. The molecule has 0 aromatic heterocycles. The molecular formula is C22H22O9. The molecule has 164 valence electrons. The molecule has 9 heteroatoms. The second kappa shape index (κ2) is 10.1. The number of phenolic OH excluding ortho intramolecular Hbond substituents is 2. The van der Waals surface area contributed by atoms with E-state index in [1.165, 1.54) is 58.8 Å². The lowest BCUT2D eigenvalue weighted by atomic mass is 10.0. The van der Waals surface area contributed by atoms with Crippen LogP contribution in [0.25, 0.3) is 12.2 Å². The number of carbonyl (C=O) groups excluding carboxylic acids is 1. The Kier molecular flexibility index (Phi) is 7.51. The van der Waals surface area contributed by atoms with E-state index in [0.717, 1.165) is 12.2 Å². The third-order valence-electron chi connectivity index (χ3n) is 4.24. The van der Waals surface area contributed by atoms with Crippen molar-refractivity contribution in [3.05, 3.63) is 47.0 Å². The Morgan fingerprint density at radius 3 is 1.48 bits per heavy atom. The van der Waals surface area contributed by atoms with Gasteiger partial charge in [0.1, 0.15) is 5.57 Å². The van der Waals surface area contributed by atoms with Crippen LogP contribution in [0.15, 0.2) is 35.9 Å². The van der Waals surface area contributed by atoms with Crippen LogP contribution in [-0.4, -0.2) is 55.5 Å². The van der Waals surface area contributed by atoms with Crippen molar-refractivity contribution in [1.29, 1.82) is 0 Å². The van der Waals surface area contributed by atoms with E-state index < -0.39 is 17.3 Å². The minimum atomic E-state index is -1.44. The van der Waals surface area contributed by atoms with E-state index >= 15 is 0 Å². The Labute approximate surface area is 178 Å². The van der Waals surface area contributed by atoms with E-state index in [4.69, 9.17) is 18.9 Å². The lowest BCUT2D eigenvalue weighted by Gasteiger charge is -2.10. The minimum absolute atomic E-state index is 0.0570. The Hall–Kier alpha value is -4.14. The summed E-state index contributed by atoms with van der Waals surface area (Å²) in [5, 5.41) is 29.4. The maximum Gasteiger partial charge on any atom is 0.339 e. The Balaban J connectivity index is 2.43. The first-order valence-corrected chi connectivity index (χ1v) is 8.83. The molecule has 0 aliphatic rings. The van der Waals surface area contributed by atoms with Gasteiger partial charge < -0.3 is 34.3 Å². The minimum Gasteiger partial charge on any atom is -0.502 e. The highest BCUT2D eigenvalue weighted by atomic mass is 16.5. The molecule has 0 atom stereocenters. The maximum atomic E-state index is 12.6. The molecule has 0 bridgehead atoms. The zero-order valence-corrected chi connectivity index (χ0v) is 17.3. The molecule has 2 aromatic rings. The average molecular weight is 430 g/mol. The number of carboxylic acid groups (broad SMARTS) is 1. The zero-order chi connectivity index (χ0) is 23.1. The lowest BCUT2D eigenvalue weighted by molar-refractivity contribution is -0.133. The molecule has 0 saturated carbocycles. The molecule has 0 spiro atoms. The number of ketones is 1. The van der Waals surface area contributed by atoms with E-state index in [2.05, 4.69) is 0 Å². The highest BCUT2D eigenvalue weighted by Gasteiger charge is 2.17. The predicted molar refractivity (Wildman–Crippen MR) is 112 cm³/mol. The molecule has 0 aliphatic carbocycles. The summed E-state index contributed by atoms with van der Waals surface area (Å²) in [4.78, 5) is 24.2. The molecule has 0 fully saturated rings. The number of benzene rings is 2. The summed E-state index contributed by atoms with van der Waals surface area (Å²) in [6.07, 6.45) is 3.57. The average Bonchev–Trinajstić information content (AvgIpc) is 2.76. The van der Waals surface area contributed by atoms with Crippen molar-refractivity contribution < 1.29 is 43.9 Å². The highest BCUT2D eigenvalue weighted by molar-refractivity contribution is 6.25. The first-order valence-electron chi connectivity index (χ1n) is 8.83. The molecule has 2 rings (SSSR count). The Morgan fingerprint density at radius 2 is 1.13 bits per heavy atom. The number of rotatable bonds is 9. The van der Waals surface area contributed by atoms with Crippen LogP contribution in [0.1, 0.15) is 11.1 Å². The fourth-order valence-electron chi connectivity index (χ4n) is 2.67. The fraction of sp³-hybridized carbons (Fsp3) is 0.182. The van der Waals surface area contributed by atoms with E-state index in [1.807, 2.05) is 0 Å². The van der Waals surface area contributed by atoms with Crippen LogP contribution < -0.4 is 18.9 Å². The van der Waals surface area contributed by atoms with E-state index in [0.29, 0.717) is 5.56 Å². The Morgan fingerprint density at radius 1 is 0.742 bits per heavy atom. The summed E-state index contributed by atoms with van der Waals surface area (Å²) in [7, 11) is 5.37. The second-order valence-electron chi connectivity index (χ2n) is 6.11. The number of hydrogen-bond acceptors (Lipinski definition) is 8. The van der Waals surface area contributed by atoms with E-state index in [9.17, 15) is 24.9 Å². The molecule has 0 radical (unpaired) electrons. The van der Waals surface area contributed by atoms with Gasteiger partial charge in [0.2, 0.25) is 11.5 Å². The predicted octanol–water partition coefficient (Wildman–Crippen LogP) is 2.88. The van der Waals surface area contributed by atoms with Crippen molar-refractivity contribution in [3.63, 3.8) is 0 Å². The molecule has 0 heterocycles. The first kappa shape index (κ1) is 23.1. The summed E-state index contributed by atoms with van der Waals surface area (Å²) in [6.45, 7) is 0. The largest absolute Gasteiger partial charge is 0.502 e. The molecular weight excluding hydrogens is 408 g/mol. The summed E-state index contributed by atoms with van der Waals surface area (Å²) in [5.41, 5.74) is 0.194. The normalized spacial score (nSPS) is 11.3. The van der Waals surface area contributed by atoms with Crippen LogP contribution in [0.5, 0.6) is 34.5 Å². The van der Waals surface area contributed by atoms with Gasteiger partial charge in [-0.25, -0.2) is 4.79 Å². The molecule has 0 aliphatic heterocycles. The standard InChI is InChI=1S/C22H22O9/c1-28-16-8-12(9-17(29-2)20(16)24)5-6-15(23)14(22(26)27)7-13-10-18(30-3)21(25)19(11-13)31-4/h5-11,24-25H,1-4H3,(H,26,27)/b6-5+,14-7+. The van der Waals surface area contributed by atoms with Crippen molar-refractivity contribution in [2.75, 3.05) is 28.4 Å². The van der Waals surface area contributed by atoms with Crippen molar-refractivity contribution in [3.8, 4) is 34.5 Å². The van der Waals surface area contributed by atoms with Gasteiger partial charge in [0.15, 0.2) is 28.8 Å². The number of aromatic hydroxyl groups is 2. The van der Waals surface area contributed by atoms with Crippen LogP contribution in [0.2, 0.25) is 0 Å². The van der Waals surface area contributed by atoms with Crippen LogP contribution in [-0.2, 0) is 9.59 Å². The molecule has 0 unspecified atom stereocenters. The number of phenols is 2. The maximum absolute atomic E-state index is 12.6. The number of ether oxygens (including phenoxy) is 4. The zero-order valence-electron chi connectivity index (χ0n) is 17.3. The van der Waals surface area contributed by atoms with Crippen molar-refractivity contribution in [2.24, 2.45) is 0 Å². The topological polar surface area (TPSA) is 132 Å². The number of carbonyl (C=O) groups is 2. The number of allylic oxidation sites excluding steroid dienone is 1. The van der Waals surface area contributed by atoms with E-state index in [1.54, 1.807) is 0 Å². The lowest BCUT2D eigenvalue weighted by Crippen LogP contribution is -2.09. The fourth-order valence-corrected chi connectivity index (χ4v) is 2.67. The second-order valence-corrected chi connectivity index (χ2v) is 6.11. The summed E-state index contributed by atoms with van der Waals surface area (Å²) in [5.74, 6) is -2.31. The van der Waals surface area contributed by atoms with Crippen LogP contribution in [0.4, 0.5) is 0 Å². The molecule has 0 amide bonds. The monoisotopic (exact) mass is 430 g/mol. The van der Waals surface area contributed by atoms with Gasteiger partial charge in [0.25, 0.3) is 0 Å². The third-order valence-corrected chi connectivity index (χ3v) is 4.24. The van der Waals surface area contributed by atoms with Gasteiger partial charge in [-0.1, -0.05) is 6.08 Å². The summed E-state index contributed by atoms with van der Waals surface area (Å²) < 4.78 is 20.2. The van der Waals surface area contributed by atoms with Crippen molar-refractivity contribution in [2.45, 2.75) is 0 Å². The van der Waals surface area contributed by atoms with Crippen LogP contribution >= 0.6 is 0 Å². The van der Waals surface area contributed by atoms with Crippen LogP contribution in [0.3, 0.4) is 0 Å². The van der Waals surface area contributed by atoms with Gasteiger partial charge in [0, 0.05) is 0 Å². The number of methoxy groups -OCH3 is 4. The summed E-state index contributed by atoms with van der Waals surface area (Å²) in [6, 6.07) is 5.66. The van der Waals surface area contributed by atoms with Gasteiger partial charge in [-0.15, -0.1) is 0 Å². The van der Waals surface area contributed by atoms with Gasteiger partial charge >= 0.3 is 5.97 Å². The summed E-state index contributed by atoms with van der Waals surface area (Å²) >= 11 is 0. The molecule has 3 N–H and O–H groups in total. The number of aliphatic carboxylic acids is 1. The Bertz CT molecular complexity index is 1000. The third kappa shape index (κ3) is 5.27. The molecule has 9 nitrogen and oxygen atoms in total. The van der Waals surface area contributed by atoms with Gasteiger partial charge in [0.05, 0.1) is 28.4 Å². The van der Waals surface area contributed by atoms with Gasteiger partial charge in [-0.3, -0.25) is 4.79 Å². The SMILES string of the molecule is COc1cc(/C=C/C(=O)/C(=C\c2cc(OC)c(O)c(OC)c2)C(=O)O)cc(OC)c1O. The number of carboxylic acids is 1. The quantitative estimate of drug-likeness (QED) is 0.312. The van der Waals surface area contributed by atoms with Crippen LogP contribution in [0, 0.1) is 0 Å². The smallest absolute Gasteiger partial charge is 0.339 e. The van der Waals surface area contributed by atoms with Gasteiger partial charge in [-0.2, -0.15) is 0 Å². The van der Waals surface area contributed by atoms with Gasteiger partial charge in [-0.05, 0) is 47.5 Å². The highest BCUT2D eigenvalue weighted by Crippen LogP contribution is 2.38. The van der Waals surface area contributed by atoms with Crippen molar-refractivity contribution in [1.82, 2.24) is 0 Å². The number of hydrogen-bond donors (Lipinski definition) is 3. The first-order chi connectivity index (χ1) is 14.7. The van der Waals surface area contributed by atoms with Crippen molar-refractivity contribution >= 4 is 23.9 Å².